The van der Waals surface area contributed by atoms with E-state index in [1.165, 1.54) is 0 Å². The molecule has 2 aliphatic heterocycles. The number of carbonyl (C=O) groups is 1. The molecule has 2 heterocycles. The SMILES string of the molecule is O=C(C1COCCN1)N1CCCC1CCCO. The highest BCUT2D eigenvalue weighted by Crippen LogP contribution is 2.22. The summed E-state index contributed by atoms with van der Waals surface area (Å²) in [6.45, 7) is 3.00. The van der Waals surface area contributed by atoms with Gasteiger partial charge in [-0.15, -0.1) is 0 Å². The lowest BCUT2D eigenvalue weighted by Crippen LogP contribution is -2.53. The molecule has 2 aliphatic rings. The average molecular weight is 242 g/mol. The van der Waals surface area contributed by atoms with Crippen LogP contribution in [0.2, 0.25) is 0 Å². The molecule has 0 radical (unpaired) electrons. The third-order valence-electron chi connectivity index (χ3n) is 3.58. The van der Waals surface area contributed by atoms with Crippen LogP contribution in [0.4, 0.5) is 0 Å². The molecular weight excluding hydrogens is 220 g/mol. The molecular formula is C12H22N2O3. The number of aliphatic hydroxyl groups excluding tert-OH is 1. The second-order valence-corrected chi connectivity index (χ2v) is 4.78. The number of carbonyl (C=O) groups excluding carboxylic acids is 1. The molecule has 0 bridgehead atoms. The van der Waals surface area contributed by atoms with Crippen molar-refractivity contribution in [3.63, 3.8) is 0 Å². The van der Waals surface area contributed by atoms with Gasteiger partial charge in [-0.25, -0.2) is 0 Å². The average Bonchev–Trinajstić information content (AvgIpc) is 2.84. The van der Waals surface area contributed by atoms with E-state index in [4.69, 9.17) is 9.84 Å². The lowest BCUT2D eigenvalue weighted by Gasteiger charge is -2.31. The van der Waals surface area contributed by atoms with Gasteiger partial charge >= 0.3 is 0 Å². The fourth-order valence-corrected chi connectivity index (χ4v) is 2.68. The number of morpholine rings is 1. The first-order chi connectivity index (χ1) is 8.33. The molecule has 0 aliphatic carbocycles. The van der Waals surface area contributed by atoms with Crippen LogP contribution in [0.5, 0.6) is 0 Å². The van der Waals surface area contributed by atoms with E-state index in [1.807, 2.05) is 4.90 Å². The standard InChI is InChI=1S/C12H22N2O3/c15-7-2-4-10-3-1-6-14(10)12(16)11-9-17-8-5-13-11/h10-11,13,15H,1-9H2. The lowest BCUT2D eigenvalue weighted by molar-refractivity contribution is -0.137. The van der Waals surface area contributed by atoms with Crippen molar-refractivity contribution in [3.05, 3.63) is 0 Å². The molecule has 0 aromatic rings. The van der Waals surface area contributed by atoms with Gasteiger partial charge in [0.2, 0.25) is 5.91 Å². The summed E-state index contributed by atoms with van der Waals surface area (Å²) in [7, 11) is 0. The van der Waals surface area contributed by atoms with Gasteiger partial charge in [-0.1, -0.05) is 0 Å². The molecule has 0 aromatic heterocycles. The number of hydrogen-bond donors (Lipinski definition) is 2. The highest BCUT2D eigenvalue weighted by molar-refractivity contribution is 5.82. The van der Waals surface area contributed by atoms with Crippen LogP contribution in [-0.4, -0.2) is 60.9 Å². The highest BCUT2D eigenvalue weighted by Gasteiger charge is 2.33. The molecule has 2 N–H and O–H groups in total. The monoisotopic (exact) mass is 242 g/mol. The molecule has 98 valence electrons. The third kappa shape index (κ3) is 3.18. The van der Waals surface area contributed by atoms with Crippen LogP contribution in [-0.2, 0) is 9.53 Å². The number of likely N-dealkylation sites (tertiary alicyclic amines) is 1. The molecule has 0 saturated carbocycles. The summed E-state index contributed by atoms with van der Waals surface area (Å²) in [5.41, 5.74) is 0. The summed E-state index contributed by atoms with van der Waals surface area (Å²) < 4.78 is 5.33. The summed E-state index contributed by atoms with van der Waals surface area (Å²) in [5, 5.41) is 12.1. The first-order valence-corrected chi connectivity index (χ1v) is 6.55. The molecule has 0 spiro atoms. The molecule has 2 unspecified atom stereocenters. The van der Waals surface area contributed by atoms with Crippen molar-refractivity contribution < 1.29 is 14.6 Å². The molecule has 2 saturated heterocycles. The Labute approximate surface area is 102 Å². The van der Waals surface area contributed by atoms with Gasteiger partial charge in [0.15, 0.2) is 0 Å². The van der Waals surface area contributed by atoms with Crippen molar-refractivity contribution in [2.45, 2.75) is 37.8 Å². The first-order valence-electron chi connectivity index (χ1n) is 6.55. The van der Waals surface area contributed by atoms with Crippen LogP contribution in [0.3, 0.4) is 0 Å². The van der Waals surface area contributed by atoms with Gasteiger partial charge in [0.1, 0.15) is 6.04 Å². The Kier molecular flexibility index (Phi) is 4.76. The maximum Gasteiger partial charge on any atom is 0.242 e. The molecule has 2 rings (SSSR count). The molecule has 5 nitrogen and oxygen atoms in total. The van der Waals surface area contributed by atoms with Gasteiger partial charge in [0.25, 0.3) is 0 Å². The van der Waals surface area contributed by atoms with Crippen molar-refractivity contribution in [2.75, 3.05) is 32.9 Å². The van der Waals surface area contributed by atoms with Gasteiger partial charge in [-0.05, 0) is 25.7 Å². The molecule has 1 amide bonds. The quantitative estimate of drug-likeness (QED) is 0.713. The molecule has 5 heteroatoms. The maximum absolute atomic E-state index is 12.3. The van der Waals surface area contributed by atoms with E-state index in [0.29, 0.717) is 19.3 Å². The Morgan fingerprint density at radius 1 is 1.53 bits per heavy atom. The number of nitrogens with zero attached hydrogens (tertiary/aromatic N) is 1. The van der Waals surface area contributed by atoms with E-state index in [0.717, 1.165) is 38.8 Å². The minimum Gasteiger partial charge on any atom is -0.396 e. The summed E-state index contributed by atoms with van der Waals surface area (Å²) in [5.74, 6) is 0.171. The first kappa shape index (κ1) is 12.8. The molecule has 2 atom stereocenters. The van der Waals surface area contributed by atoms with E-state index in [2.05, 4.69) is 5.32 Å². The van der Waals surface area contributed by atoms with Crippen LogP contribution in [0.15, 0.2) is 0 Å². The Balaban J connectivity index is 1.88. The van der Waals surface area contributed by atoms with Gasteiger partial charge in [-0.2, -0.15) is 0 Å². The van der Waals surface area contributed by atoms with E-state index in [-0.39, 0.29) is 18.6 Å². The van der Waals surface area contributed by atoms with Crippen LogP contribution in [0.25, 0.3) is 0 Å². The van der Waals surface area contributed by atoms with Gasteiger partial charge in [0, 0.05) is 25.7 Å². The topological polar surface area (TPSA) is 61.8 Å². The zero-order valence-electron chi connectivity index (χ0n) is 10.2. The zero-order valence-corrected chi connectivity index (χ0v) is 10.2. The van der Waals surface area contributed by atoms with Crippen molar-refractivity contribution in [3.8, 4) is 0 Å². The molecule has 0 aromatic carbocycles. The summed E-state index contributed by atoms with van der Waals surface area (Å²) in [4.78, 5) is 14.3. The lowest BCUT2D eigenvalue weighted by atomic mass is 10.1. The number of aliphatic hydroxyl groups is 1. The van der Waals surface area contributed by atoms with E-state index in [1.54, 1.807) is 0 Å². The minimum atomic E-state index is -0.168. The fraction of sp³-hybridized carbons (Fsp3) is 0.917. The second kappa shape index (κ2) is 6.33. The van der Waals surface area contributed by atoms with E-state index in [9.17, 15) is 4.79 Å². The predicted molar refractivity (Wildman–Crippen MR) is 63.7 cm³/mol. The van der Waals surface area contributed by atoms with Crippen LogP contribution in [0.1, 0.15) is 25.7 Å². The summed E-state index contributed by atoms with van der Waals surface area (Å²) in [6.07, 6.45) is 3.84. The summed E-state index contributed by atoms with van der Waals surface area (Å²) >= 11 is 0. The normalized spacial score (nSPS) is 29.6. The van der Waals surface area contributed by atoms with E-state index >= 15 is 0 Å². The molecule has 17 heavy (non-hydrogen) atoms. The summed E-state index contributed by atoms with van der Waals surface area (Å²) in [6, 6.07) is 0.150. The van der Waals surface area contributed by atoms with Gasteiger partial charge in [-0.3, -0.25) is 4.79 Å². The minimum absolute atomic E-state index is 0.168. The number of rotatable bonds is 4. The second-order valence-electron chi connectivity index (χ2n) is 4.78. The van der Waals surface area contributed by atoms with Crippen LogP contribution in [0, 0.1) is 0 Å². The maximum atomic E-state index is 12.3. The third-order valence-corrected chi connectivity index (χ3v) is 3.58. The number of hydrogen-bond acceptors (Lipinski definition) is 4. The van der Waals surface area contributed by atoms with Crippen molar-refractivity contribution >= 4 is 5.91 Å². The highest BCUT2D eigenvalue weighted by atomic mass is 16.5. The Bertz CT molecular complexity index is 254. The fourth-order valence-electron chi connectivity index (χ4n) is 2.68. The van der Waals surface area contributed by atoms with Crippen molar-refractivity contribution in [1.82, 2.24) is 10.2 Å². The smallest absolute Gasteiger partial charge is 0.242 e. The van der Waals surface area contributed by atoms with Crippen LogP contribution < -0.4 is 5.32 Å². The number of nitrogens with one attached hydrogen (secondary N) is 1. The number of ether oxygens (including phenoxy) is 1. The van der Waals surface area contributed by atoms with Crippen LogP contribution >= 0.6 is 0 Å². The van der Waals surface area contributed by atoms with Gasteiger partial charge < -0.3 is 20.1 Å². The Morgan fingerprint density at radius 2 is 2.41 bits per heavy atom. The Morgan fingerprint density at radius 3 is 3.12 bits per heavy atom. The van der Waals surface area contributed by atoms with E-state index < -0.39 is 0 Å². The van der Waals surface area contributed by atoms with Crippen molar-refractivity contribution in [1.29, 1.82) is 0 Å². The Hall–Kier alpha value is -0.650. The number of amides is 1. The zero-order chi connectivity index (χ0) is 12.1. The predicted octanol–water partition coefficient (Wildman–Crippen LogP) is -0.262. The largest absolute Gasteiger partial charge is 0.396 e. The molecule has 2 fully saturated rings. The van der Waals surface area contributed by atoms with Crippen molar-refractivity contribution in [2.24, 2.45) is 0 Å². The van der Waals surface area contributed by atoms with Gasteiger partial charge in [0.05, 0.1) is 13.2 Å².